The van der Waals surface area contributed by atoms with Gasteiger partial charge in [0, 0.05) is 50.1 Å². The van der Waals surface area contributed by atoms with E-state index < -0.39 is 0 Å². The minimum atomic E-state index is 0.0605. The molecule has 3 aromatic heterocycles. The molecule has 15 rings (SSSR count). The molecule has 0 aliphatic heterocycles. The lowest BCUT2D eigenvalue weighted by Gasteiger charge is -2.19. The first kappa shape index (κ1) is 63.2. The molecule has 0 fully saturated rings. The Labute approximate surface area is 585 Å². The molecule has 0 atom stereocenters. The summed E-state index contributed by atoms with van der Waals surface area (Å²) < 4.78 is 0. The molecule has 12 aromatic carbocycles. The molecule has 0 saturated carbocycles. The zero-order valence-electron chi connectivity index (χ0n) is 56.0. The van der Waals surface area contributed by atoms with Crippen molar-refractivity contribution in [1.82, 2.24) is 29.9 Å². The summed E-state index contributed by atoms with van der Waals surface area (Å²) in [6.45, 7) is 15.2. The van der Waals surface area contributed by atoms with Gasteiger partial charge in [0.05, 0.1) is 34.2 Å². The van der Waals surface area contributed by atoms with Crippen molar-refractivity contribution >= 4 is 23.8 Å². The smallest absolute Gasteiger partial charge is 0.160 e. The first-order valence-electron chi connectivity index (χ1n) is 33.8. The normalized spacial score (nSPS) is 11.4. The summed E-state index contributed by atoms with van der Waals surface area (Å²) in [5, 5.41) is 0. The van der Waals surface area contributed by atoms with Crippen molar-refractivity contribution in [3.05, 3.63) is 374 Å². The second-order valence-electron chi connectivity index (χ2n) is 26.1. The largest absolute Gasteiger partial charge is 0.228 e. The van der Waals surface area contributed by atoms with Crippen LogP contribution in [0.25, 0.3) is 159 Å². The van der Waals surface area contributed by atoms with Crippen LogP contribution in [0.4, 0.5) is 0 Å². The quantitative estimate of drug-likeness (QED) is 0.0846. The van der Waals surface area contributed by atoms with E-state index in [1.54, 1.807) is 0 Å². The maximum Gasteiger partial charge on any atom is 0.160 e. The van der Waals surface area contributed by atoms with E-state index in [2.05, 4.69) is 319 Å². The van der Waals surface area contributed by atoms with Crippen LogP contribution in [0, 0.1) is 0 Å². The first-order chi connectivity index (χ1) is 49.0. The molecule has 6 heteroatoms. The van der Waals surface area contributed by atoms with Crippen molar-refractivity contribution in [2.75, 3.05) is 0 Å². The van der Waals surface area contributed by atoms with Gasteiger partial charge in [-0.3, -0.25) is 0 Å². The minimum Gasteiger partial charge on any atom is -0.228 e. The monoisotopic (exact) mass is 1280 g/mol. The van der Waals surface area contributed by atoms with Crippen molar-refractivity contribution in [1.29, 1.82) is 0 Å². The van der Waals surface area contributed by atoms with E-state index in [0.29, 0.717) is 17.5 Å². The Balaban J connectivity index is 0.649. The predicted molar refractivity (Wildman–Crippen MR) is 417 cm³/mol. The Hall–Kier alpha value is -12.9. The molecule has 0 N–H and O–H groups in total. The summed E-state index contributed by atoms with van der Waals surface area (Å²) in [5.41, 5.74) is 28.2. The Bertz CT molecular complexity index is 5470. The Morgan fingerprint density at radius 1 is 0.250 bits per heavy atom. The lowest BCUT2D eigenvalue weighted by molar-refractivity contribution is 0.590. The topological polar surface area (TPSA) is 77.3 Å². The summed E-state index contributed by atoms with van der Waals surface area (Å²) >= 11 is 0. The van der Waals surface area contributed by atoms with Gasteiger partial charge in [-0.25, -0.2) is 29.9 Å². The third-order valence-electron chi connectivity index (χ3n) is 18.3. The van der Waals surface area contributed by atoms with Crippen LogP contribution in [0.5, 0.6) is 0 Å². The van der Waals surface area contributed by atoms with Crippen LogP contribution in [0.1, 0.15) is 54.2 Å². The number of rotatable bonds is 17. The molecule has 6 nitrogen and oxygen atoms in total. The molecule has 0 bridgehead atoms. The van der Waals surface area contributed by atoms with E-state index in [0.717, 1.165) is 151 Å². The Morgan fingerprint density at radius 2 is 0.580 bits per heavy atom. The van der Waals surface area contributed by atoms with Gasteiger partial charge >= 0.3 is 0 Å². The fourth-order valence-electron chi connectivity index (χ4n) is 12.5. The van der Waals surface area contributed by atoms with Crippen LogP contribution in [0.3, 0.4) is 0 Å². The van der Waals surface area contributed by atoms with Crippen LogP contribution in [-0.4, -0.2) is 29.9 Å². The molecule has 100 heavy (non-hydrogen) atoms. The highest BCUT2D eigenvalue weighted by atomic mass is 14.9. The van der Waals surface area contributed by atoms with Gasteiger partial charge in [-0.05, 0) is 114 Å². The van der Waals surface area contributed by atoms with Gasteiger partial charge in [-0.2, -0.15) is 0 Å². The average molecular weight is 1280 g/mol. The maximum absolute atomic E-state index is 5.29. The van der Waals surface area contributed by atoms with Crippen molar-refractivity contribution in [3.8, 4) is 135 Å². The van der Waals surface area contributed by atoms with Crippen LogP contribution in [0.2, 0.25) is 0 Å². The van der Waals surface area contributed by atoms with E-state index in [1.807, 2.05) is 60.7 Å². The molecule has 476 valence electrons. The fourth-order valence-corrected chi connectivity index (χ4v) is 12.5. The highest BCUT2D eigenvalue weighted by Crippen LogP contribution is 2.37. The van der Waals surface area contributed by atoms with Crippen molar-refractivity contribution < 1.29 is 0 Å². The van der Waals surface area contributed by atoms with Gasteiger partial charge in [0.15, 0.2) is 17.5 Å². The molecular formula is C94H70N6. The molecule has 15 aromatic rings. The van der Waals surface area contributed by atoms with E-state index >= 15 is 0 Å². The molecule has 0 amide bonds. The van der Waals surface area contributed by atoms with Crippen molar-refractivity contribution in [2.45, 2.75) is 26.2 Å². The summed E-state index contributed by atoms with van der Waals surface area (Å²) in [7, 11) is 0. The standard InChI is InChI=1S/C94H70N6/c1-6-64-33-37-68(38-34-64)70-45-51-76(52-46-70)88-60-85(73-20-10-7-11-21-73)98-93(99-88)83-30-17-26-79(58-83)63(2)67-41-43-72(44-42-67)80-27-18-28-81(59-80)90-62-86(74-22-12-8-13-23-74)97-92(100-90)82-29-16-19-66(57-82)32-31-65-35-39-69(40-36-65)71-47-49-75(50-48-71)87-61-89(77-53-55-84(56-54-77)94(3,4)5)96-91(95-87)78-24-14-9-15-25-78/h6-62H,1-2H2,3-5H3/b32-31+. The Kier molecular flexibility index (Phi) is 17.7. The summed E-state index contributed by atoms with van der Waals surface area (Å²) in [4.78, 5) is 31.0. The van der Waals surface area contributed by atoms with E-state index in [9.17, 15) is 0 Å². The van der Waals surface area contributed by atoms with Gasteiger partial charge < -0.3 is 0 Å². The van der Waals surface area contributed by atoms with Crippen molar-refractivity contribution in [2.24, 2.45) is 0 Å². The van der Waals surface area contributed by atoms with Gasteiger partial charge in [-0.15, -0.1) is 0 Å². The third-order valence-corrected chi connectivity index (χ3v) is 18.3. The molecule has 0 radical (unpaired) electrons. The predicted octanol–water partition coefficient (Wildman–Crippen LogP) is 24.2. The highest BCUT2D eigenvalue weighted by Gasteiger charge is 2.18. The first-order valence-corrected chi connectivity index (χ1v) is 33.8. The second-order valence-corrected chi connectivity index (χ2v) is 26.1. The summed E-state index contributed by atoms with van der Waals surface area (Å²) in [6.07, 6.45) is 6.17. The fraction of sp³-hybridized carbons (Fsp3) is 0.0426. The summed E-state index contributed by atoms with van der Waals surface area (Å²) in [5.74, 6) is 1.99. The maximum atomic E-state index is 5.29. The van der Waals surface area contributed by atoms with Crippen LogP contribution in [0.15, 0.2) is 341 Å². The van der Waals surface area contributed by atoms with E-state index in [4.69, 9.17) is 29.9 Å². The second kappa shape index (κ2) is 28.0. The van der Waals surface area contributed by atoms with Crippen molar-refractivity contribution in [3.63, 3.8) is 0 Å². The number of aromatic nitrogens is 6. The van der Waals surface area contributed by atoms with Crippen LogP contribution >= 0.6 is 0 Å². The zero-order valence-corrected chi connectivity index (χ0v) is 56.0. The molecule has 3 heterocycles. The lowest BCUT2D eigenvalue weighted by Crippen LogP contribution is -2.10. The summed E-state index contributed by atoms with van der Waals surface area (Å²) in [6, 6.07) is 114. The molecule has 0 spiro atoms. The minimum absolute atomic E-state index is 0.0605. The lowest BCUT2D eigenvalue weighted by atomic mass is 9.86. The Morgan fingerprint density at radius 3 is 1.06 bits per heavy atom. The van der Waals surface area contributed by atoms with Gasteiger partial charge in [0.25, 0.3) is 0 Å². The van der Waals surface area contributed by atoms with E-state index in [1.165, 1.54) is 5.56 Å². The third kappa shape index (κ3) is 14.2. The van der Waals surface area contributed by atoms with Gasteiger partial charge in [0.2, 0.25) is 0 Å². The van der Waals surface area contributed by atoms with Crippen LogP contribution in [-0.2, 0) is 5.41 Å². The molecule has 0 saturated heterocycles. The number of hydrogen-bond acceptors (Lipinski definition) is 6. The number of nitrogens with zero attached hydrogens (tertiary/aromatic N) is 6. The molecule has 0 aliphatic rings. The molecule has 0 aliphatic carbocycles. The SMILES string of the molecule is C=Cc1ccc(-c2ccc(-c3cc(-c4ccccc4)nc(-c4cccc(C(=C)c5ccc(-c6cccc(-c7cc(-c8ccccc8)nc(-c8cccc(/C=C/c9ccc(-c%10ccc(-c%11cc(-c%12ccc(C(C)(C)C)cc%12)nc(-c%12ccccc%12)n%11)cc%10)cc9)c8)n7)c6)cc5)c4)n3)cc2)cc1. The van der Waals surface area contributed by atoms with Gasteiger partial charge in [0.1, 0.15) is 0 Å². The number of benzene rings is 12. The average Bonchev–Trinajstić information content (AvgIpc) is 0.807. The van der Waals surface area contributed by atoms with Crippen LogP contribution < -0.4 is 0 Å². The van der Waals surface area contributed by atoms with Gasteiger partial charge in [-0.1, -0.05) is 343 Å². The van der Waals surface area contributed by atoms with E-state index in [-0.39, 0.29) is 5.41 Å². The molecular weight excluding hydrogens is 1210 g/mol. The zero-order chi connectivity index (χ0) is 67.9. The highest BCUT2D eigenvalue weighted by molar-refractivity contribution is 5.84. The molecule has 0 unspecified atom stereocenters. The number of hydrogen-bond donors (Lipinski definition) is 0.